The number of hydrogen-bond acceptors (Lipinski definition) is 6. The molecule has 1 heterocycles. The lowest BCUT2D eigenvalue weighted by Gasteiger charge is -2.29. The van der Waals surface area contributed by atoms with Gasteiger partial charge in [0.05, 0.1) is 38.8 Å². The molecule has 3 aliphatic rings. The van der Waals surface area contributed by atoms with E-state index in [4.69, 9.17) is 39.5 Å². The topological polar surface area (TPSA) is 117 Å². The monoisotopic (exact) mass is 595 g/mol. The number of methoxy groups -OCH3 is 1. The molecular formula is C26H24Cl3N3O5S. The largest absolute Gasteiger partial charge is 0.495 e. The third-order valence-corrected chi connectivity index (χ3v) is 10.9. The molecule has 3 fully saturated rings. The summed E-state index contributed by atoms with van der Waals surface area (Å²) in [4.78, 5) is 28.8. The lowest BCUT2D eigenvalue weighted by Crippen LogP contribution is -2.51. The Bertz CT molecular complexity index is 1480. The number of carbonyl (C=O) groups excluding carboxylic acids is 2. The molecule has 2 amide bonds. The van der Waals surface area contributed by atoms with Gasteiger partial charge in [-0.1, -0.05) is 46.9 Å². The molecule has 1 N–H and O–H groups in total. The van der Waals surface area contributed by atoms with Crippen molar-refractivity contribution < 1.29 is 22.7 Å². The Balaban J connectivity index is 1.51. The fourth-order valence-electron chi connectivity index (χ4n) is 5.11. The molecule has 0 radical (unpaired) electrons. The summed E-state index contributed by atoms with van der Waals surface area (Å²) in [6, 6.07) is 10.2. The van der Waals surface area contributed by atoms with Crippen LogP contribution < -0.4 is 10.1 Å². The molecule has 2 aromatic rings. The standard InChI is InChI=1S/C26H24Cl3N3O5S/c1-37-21-11-16(18(28)12-19(21)29)26(8-9-26)24(34)32-13-15(38(35,36)22-5-3-2-4-17(22)27)10-20(32)23(33)31-25(14-30)6-7-25/h2-5,11-12,15,20H,6-10,13H2,1H3,(H,31,33)/t15-,20+/m1/s1. The Morgan fingerprint density at radius 3 is 2.34 bits per heavy atom. The van der Waals surface area contributed by atoms with Gasteiger partial charge in [-0.2, -0.15) is 5.26 Å². The number of amides is 2. The number of sulfone groups is 1. The maximum Gasteiger partial charge on any atom is 0.244 e. The lowest BCUT2D eigenvalue weighted by molar-refractivity contribution is -0.140. The van der Waals surface area contributed by atoms with Crippen molar-refractivity contribution in [2.75, 3.05) is 13.7 Å². The fraction of sp³-hybridized carbons (Fsp3) is 0.423. The molecule has 2 aliphatic carbocycles. The van der Waals surface area contributed by atoms with Crippen molar-refractivity contribution in [3.05, 3.63) is 57.0 Å². The van der Waals surface area contributed by atoms with Crippen LogP contribution in [-0.4, -0.2) is 55.6 Å². The molecule has 2 atom stereocenters. The molecular weight excluding hydrogens is 573 g/mol. The van der Waals surface area contributed by atoms with Gasteiger partial charge < -0.3 is 15.0 Å². The van der Waals surface area contributed by atoms with Crippen molar-refractivity contribution in [1.82, 2.24) is 10.2 Å². The molecule has 38 heavy (non-hydrogen) atoms. The van der Waals surface area contributed by atoms with Crippen LogP contribution in [-0.2, 0) is 24.8 Å². The highest BCUT2D eigenvalue weighted by atomic mass is 35.5. The fourth-order valence-corrected chi connectivity index (χ4v) is 7.97. The van der Waals surface area contributed by atoms with Crippen LogP contribution in [0.2, 0.25) is 15.1 Å². The smallest absolute Gasteiger partial charge is 0.244 e. The third-order valence-electron chi connectivity index (χ3n) is 7.65. The number of benzene rings is 2. The zero-order chi connectivity index (χ0) is 27.5. The van der Waals surface area contributed by atoms with E-state index < -0.39 is 43.9 Å². The summed E-state index contributed by atoms with van der Waals surface area (Å²) in [6.45, 7) is -0.200. The molecule has 200 valence electrons. The normalized spacial score (nSPS) is 22.9. The van der Waals surface area contributed by atoms with Crippen LogP contribution in [0, 0.1) is 11.3 Å². The van der Waals surface area contributed by atoms with E-state index in [2.05, 4.69) is 11.4 Å². The van der Waals surface area contributed by atoms with Crippen LogP contribution in [0.15, 0.2) is 41.3 Å². The number of halogens is 3. The highest BCUT2D eigenvalue weighted by Gasteiger charge is 2.59. The van der Waals surface area contributed by atoms with E-state index in [-0.39, 0.29) is 27.9 Å². The molecule has 8 nitrogen and oxygen atoms in total. The predicted octanol–water partition coefficient (Wildman–Crippen LogP) is 4.30. The zero-order valence-corrected chi connectivity index (χ0v) is 23.4. The lowest BCUT2D eigenvalue weighted by atomic mass is 9.93. The van der Waals surface area contributed by atoms with Crippen LogP contribution in [0.25, 0.3) is 0 Å². The number of ether oxygens (including phenoxy) is 1. The SMILES string of the molecule is COc1cc(C2(C(=O)N3C[C@H](S(=O)(=O)c4ccccc4Cl)C[C@H]3C(=O)NC3(C#N)CC3)CC2)c(Cl)cc1Cl. The second kappa shape index (κ2) is 9.60. The highest BCUT2D eigenvalue weighted by Crippen LogP contribution is 2.54. The molecule has 2 aromatic carbocycles. The van der Waals surface area contributed by atoms with Crippen molar-refractivity contribution in [3.63, 3.8) is 0 Å². The van der Waals surface area contributed by atoms with Crippen LogP contribution >= 0.6 is 34.8 Å². The molecule has 0 unspecified atom stereocenters. The van der Waals surface area contributed by atoms with E-state index in [9.17, 15) is 23.3 Å². The first kappa shape index (κ1) is 27.1. The van der Waals surface area contributed by atoms with E-state index in [0.717, 1.165) is 0 Å². The summed E-state index contributed by atoms with van der Waals surface area (Å²) in [6.07, 6.45) is 1.81. The Kier molecular flexibility index (Phi) is 6.84. The van der Waals surface area contributed by atoms with Gasteiger partial charge in [-0.25, -0.2) is 8.42 Å². The van der Waals surface area contributed by atoms with Crippen LogP contribution in [0.5, 0.6) is 5.75 Å². The minimum Gasteiger partial charge on any atom is -0.495 e. The molecule has 2 saturated carbocycles. The maximum atomic E-state index is 14.1. The average molecular weight is 597 g/mol. The molecule has 0 spiro atoms. The van der Waals surface area contributed by atoms with Crippen LogP contribution in [0.4, 0.5) is 0 Å². The number of nitrogens with one attached hydrogen (secondary N) is 1. The first-order valence-electron chi connectivity index (χ1n) is 12.0. The average Bonchev–Trinajstić information content (AvgIpc) is 3.80. The third kappa shape index (κ3) is 4.51. The molecule has 5 rings (SSSR count). The molecule has 1 saturated heterocycles. The first-order chi connectivity index (χ1) is 18.0. The van der Waals surface area contributed by atoms with Gasteiger partial charge in [0.2, 0.25) is 11.8 Å². The van der Waals surface area contributed by atoms with Crippen molar-refractivity contribution >= 4 is 56.5 Å². The van der Waals surface area contributed by atoms with Gasteiger partial charge in [0.25, 0.3) is 0 Å². The second-order valence-electron chi connectivity index (χ2n) is 10.0. The predicted molar refractivity (Wildman–Crippen MR) is 142 cm³/mol. The number of nitriles is 1. The van der Waals surface area contributed by atoms with Gasteiger partial charge >= 0.3 is 0 Å². The summed E-state index contributed by atoms with van der Waals surface area (Å²) < 4.78 is 32.5. The number of hydrogen-bond donors (Lipinski definition) is 1. The molecule has 1 aliphatic heterocycles. The van der Waals surface area contributed by atoms with Crippen molar-refractivity contribution in [2.45, 2.75) is 59.2 Å². The summed E-state index contributed by atoms with van der Waals surface area (Å²) in [5.41, 5.74) is -1.50. The zero-order valence-electron chi connectivity index (χ0n) is 20.3. The highest BCUT2D eigenvalue weighted by molar-refractivity contribution is 7.92. The molecule has 12 heteroatoms. The Labute approximate surface area is 235 Å². The van der Waals surface area contributed by atoms with E-state index in [1.165, 1.54) is 30.2 Å². The summed E-state index contributed by atoms with van der Waals surface area (Å²) >= 11 is 18.9. The minimum absolute atomic E-state index is 0.0533. The summed E-state index contributed by atoms with van der Waals surface area (Å²) in [7, 11) is -2.53. The Morgan fingerprint density at radius 2 is 1.76 bits per heavy atom. The van der Waals surface area contributed by atoms with Crippen LogP contribution in [0.1, 0.15) is 37.7 Å². The van der Waals surface area contributed by atoms with Gasteiger partial charge in [0.1, 0.15) is 17.3 Å². The maximum absolute atomic E-state index is 14.1. The molecule has 0 aromatic heterocycles. The van der Waals surface area contributed by atoms with E-state index >= 15 is 0 Å². The van der Waals surface area contributed by atoms with Gasteiger partial charge in [-0.05, 0) is 61.9 Å². The summed E-state index contributed by atoms with van der Waals surface area (Å²) in [5, 5.41) is 11.8. The van der Waals surface area contributed by atoms with E-state index in [1.807, 2.05) is 0 Å². The number of nitrogens with zero attached hydrogens (tertiary/aromatic N) is 2. The molecule has 0 bridgehead atoms. The van der Waals surface area contributed by atoms with Crippen molar-refractivity contribution in [1.29, 1.82) is 5.26 Å². The number of likely N-dealkylation sites (tertiary alicyclic amines) is 1. The first-order valence-corrected chi connectivity index (χ1v) is 14.7. The second-order valence-corrected chi connectivity index (χ2v) is 13.5. The van der Waals surface area contributed by atoms with Crippen molar-refractivity contribution in [3.8, 4) is 11.8 Å². The van der Waals surface area contributed by atoms with Gasteiger partial charge in [-0.3, -0.25) is 9.59 Å². The quantitative estimate of drug-likeness (QED) is 0.509. The Hall–Kier alpha value is -2.51. The van der Waals surface area contributed by atoms with Gasteiger partial charge in [0.15, 0.2) is 9.84 Å². The van der Waals surface area contributed by atoms with Gasteiger partial charge in [0, 0.05) is 11.6 Å². The number of carbonyl (C=O) groups is 2. The van der Waals surface area contributed by atoms with Crippen LogP contribution in [0.3, 0.4) is 0 Å². The van der Waals surface area contributed by atoms with E-state index in [0.29, 0.717) is 42.0 Å². The minimum atomic E-state index is -3.98. The summed E-state index contributed by atoms with van der Waals surface area (Å²) in [5.74, 6) is -0.600. The number of rotatable bonds is 7. The van der Waals surface area contributed by atoms with Crippen molar-refractivity contribution in [2.24, 2.45) is 0 Å². The Morgan fingerprint density at radius 1 is 1.08 bits per heavy atom. The van der Waals surface area contributed by atoms with E-state index in [1.54, 1.807) is 18.2 Å². The van der Waals surface area contributed by atoms with Gasteiger partial charge in [-0.15, -0.1) is 0 Å².